The first-order valence-electron chi connectivity index (χ1n) is 12.5. The highest BCUT2D eigenvalue weighted by atomic mass is 32.2. The first-order valence-corrected chi connectivity index (χ1v) is 14.1. The number of Topliss-reactive ketones (excluding diaryl/α,β-unsaturated/α-hetero) is 2. The smallest absolute Gasteiger partial charge is 0.181 e. The van der Waals surface area contributed by atoms with Gasteiger partial charge in [-0.3, -0.25) is 19.6 Å². The van der Waals surface area contributed by atoms with Gasteiger partial charge in [-0.05, 0) is 67.2 Å². The molecule has 3 aliphatic rings. The van der Waals surface area contributed by atoms with Crippen LogP contribution in [0.25, 0.3) is 5.57 Å². The van der Waals surface area contributed by atoms with Crippen molar-refractivity contribution in [3.8, 4) is 0 Å². The van der Waals surface area contributed by atoms with E-state index in [9.17, 15) is 23.1 Å². The van der Waals surface area contributed by atoms with Gasteiger partial charge in [0.05, 0.1) is 40.8 Å². The molecule has 8 nitrogen and oxygen atoms in total. The largest absolute Gasteiger partial charge is 0.393 e. The predicted molar refractivity (Wildman–Crippen MR) is 132 cm³/mol. The van der Waals surface area contributed by atoms with Gasteiger partial charge >= 0.3 is 0 Å². The third-order valence-corrected chi connectivity index (χ3v) is 9.51. The van der Waals surface area contributed by atoms with Crippen LogP contribution in [0.5, 0.6) is 0 Å². The van der Waals surface area contributed by atoms with Gasteiger partial charge in [0.2, 0.25) is 0 Å². The molecule has 0 saturated heterocycles. The lowest BCUT2D eigenvalue weighted by Gasteiger charge is -2.15. The zero-order valence-electron chi connectivity index (χ0n) is 20.0. The number of sulfone groups is 1. The number of hydrogen-bond donors (Lipinski definition) is 2. The van der Waals surface area contributed by atoms with Crippen LogP contribution in [0, 0.1) is 5.92 Å². The molecular formula is C27H30N2O6S. The van der Waals surface area contributed by atoms with Gasteiger partial charge in [-0.25, -0.2) is 8.42 Å². The summed E-state index contributed by atoms with van der Waals surface area (Å²) in [5, 5.41) is 18.5. The molecule has 2 atom stereocenters. The summed E-state index contributed by atoms with van der Waals surface area (Å²) in [5.41, 5.74) is 2.56. The van der Waals surface area contributed by atoms with E-state index in [4.69, 9.17) is 5.11 Å². The van der Waals surface area contributed by atoms with E-state index in [0.717, 1.165) is 18.4 Å². The normalized spacial score (nSPS) is 21.6. The minimum Gasteiger partial charge on any atom is -0.393 e. The molecule has 2 unspecified atom stereocenters. The van der Waals surface area contributed by atoms with Gasteiger partial charge < -0.3 is 10.2 Å². The van der Waals surface area contributed by atoms with Gasteiger partial charge in [0.1, 0.15) is 11.9 Å². The van der Waals surface area contributed by atoms with Crippen LogP contribution < -0.4 is 0 Å². The highest BCUT2D eigenvalue weighted by Gasteiger charge is 2.40. The van der Waals surface area contributed by atoms with Crippen molar-refractivity contribution in [2.45, 2.75) is 73.5 Å². The van der Waals surface area contributed by atoms with Crippen molar-refractivity contribution in [3.63, 3.8) is 0 Å². The monoisotopic (exact) mass is 510 g/mol. The highest BCUT2D eigenvalue weighted by Crippen LogP contribution is 2.46. The number of aliphatic hydroxyl groups is 2. The zero-order valence-corrected chi connectivity index (χ0v) is 20.8. The Morgan fingerprint density at radius 2 is 1.89 bits per heavy atom. The van der Waals surface area contributed by atoms with Crippen molar-refractivity contribution >= 4 is 27.0 Å². The lowest BCUT2D eigenvalue weighted by Crippen LogP contribution is -2.13. The minimum atomic E-state index is -3.36. The molecule has 190 valence electrons. The fourth-order valence-electron chi connectivity index (χ4n) is 4.80. The molecule has 36 heavy (non-hydrogen) atoms. The topological polar surface area (TPSA) is 135 Å². The van der Waals surface area contributed by atoms with E-state index in [1.807, 2.05) is 12.1 Å². The Kier molecular flexibility index (Phi) is 6.89. The summed E-state index contributed by atoms with van der Waals surface area (Å²) in [6.45, 7) is -0.476. The summed E-state index contributed by atoms with van der Waals surface area (Å²) < 4.78 is 26.1. The van der Waals surface area contributed by atoms with Crippen LogP contribution in [-0.2, 0) is 25.8 Å². The Morgan fingerprint density at radius 1 is 1.11 bits per heavy atom. The van der Waals surface area contributed by atoms with Crippen LogP contribution in [0.4, 0.5) is 0 Å². The van der Waals surface area contributed by atoms with E-state index >= 15 is 0 Å². The molecule has 0 bridgehead atoms. The van der Waals surface area contributed by atoms with Gasteiger partial charge in [0.15, 0.2) is 15.6 Å². The molecular weight excluding hydrogens is 480 g/mol. The molecule has 2 aromatic rings. The molecule has 1 aromatic carbocycles. The molecule has 2 N–H and O–H groups in total. The SMILES string of the molecule is O=C1CCC(/C=C(/C(=O)Cc2cnc(C(O)CO)cn2)c2ccc(S(=O)(=O)C3CC3)c(C3CC3)c2)C1. The van der Waals surface area contributed by atoms with Gasteiger partial charge in [0.25, 0.3) is 0 Å². The van der Waals surface area contributed by atoms with Gasteiger partial charge in [-0.2, -0.15) is 0 Å². The van der Waals surface area contributed by atoms with Gasteiger partial charge in [-0.15, -0.1) is 0 Å². The van der Waals surface area contributed by atoms with E-state index in [0.29, 0.717) is 53.8 Å². The average molecular weight is 511 g/mol. The second kappa shape index (κ2) is 9.95. The van der Waals surface area contributed by atoms with E-state index in [1.165, 1.54) is 12.4 Å². The minimum absolute atomic E-state index is 0.0319. The Bertz CT molecular complexity index is 1310. The highest BCUT2D eigenvalue weighted by molar-refractivity contribution is 7.92. The molecule has 0 aliphatic heterocycles. The van der Waals surface area contributed by atoms with Crippen LogP contribution in [0.3, 0.4) is 0 Å². The van der Waals surface area contributed by atoms with Crippen LogP contribution in [0.1, 0.15) is 79.5 Å². The lowest BCUT2D eigenvalue weighted by molar-refractivity contribution is -0.117. The number of aromatic nitrogens is 2. The van der Waals surface area contributed by atoms with E-state index in [-0.39, 0.29) is 40.8 Å². The Morgan fingerprint density at radius 3 is 2.47 bits per heavy atom. The van der Waals surface area contributed by atoms with Crippen molar-refractivity contribution < 1.29 is 28.2 Å². The van der Waals surface area contributed by atoms with Crippen molar-refractivity contribution in [1.82, 2.24) is 9.97 Å². The number of ketones is 2. The fraction of sp³-hybridized carbons (Fsp3) is 0.481. The summed E-state index contributed by atoms with van der Waals surface area (Å²) in [4.78, 5) is 34.1. The second-order valence-electron chi connectivity index (χ2n) is 10.1. The number of benzene rings is 1. The first-order chi connectivity index (χ1) is 17.3. The van der Waals surface area contributed by atoms with Gasteiger partial charge in [0, 0.05) is 24.6 Å². The third-order valence-electron chi connectivity index (χ3n) is 7.18. The van der Waals surface area contributed by atoms with Crippen LogP contribution in [-0.4, -0.2) is 52.0 Å². The summed E-state index contributed by atoms with van der Waals surface area (Å²) in [6.07, 6.45) is 8.28. The third kappa shape index (κ3) is 5.33. The molecule has 9 heteroatoms. The Balaban J connectivity index is 1.48. The fourth-order valence-corrected chi connectivity index (χ4v) is 6.73. The van der Waals surface area contributed by atoms with E-state index in [1.54, 1.807) is 12.1 Å². The van der Waals surface area contributed by atoms with Crippen LogP contribution in [0.2, 0.25) is 0 Å². The number of allylic oxidation sites excluding steroid dienone is 2. The first kappa shape index (κ1) is 24.9. The Labute approximate surface area is 210 Å². The van der Waals surface area contributed by atoms with Gasteiger partial charge in [-0.1, -0.05) is 12.1 Å². The number of carbonyl (C=O) groups is 2. The van der Waals surface area contributed by atoms with Crippen LogP contribution >= 0.6 is 0 Å². The standard InChI is InChI=1S/C27H30N2O6S/c30-15-26(33)24-14-28-19(13-29-24)12-25(32)22(10-16-1-5-20(31)9-16)18-4-8-27(23(11-18)17-2-3-17)36(34,35)21-6-7-21/h4,8,10-11,13-14,16-17,21,26,30,33H,1-3,5-7,9,12,15H2/b22-10+. The van der Waals surface area contributed by atoms with E-state index < -0.39 is 22.5 Å². The maximum Gasteiger partial charge on any atom is 0.181 e. The molecule has 1 aromatic heterocycles. The van der Waals surface area contributed by atoms with E-state index in [2.05, 4.69) is 9.97 Å². The number of nitrogens with zero attached hydrogens (tertiary/aromatic N) is 2. The number of hydrogen-bond acceptors (Lipinski definition) is 8. The van der Waals surface area contributed by atoms with Crippen molar-refractivity contribution in [2.75, 3.05) is 6.61 Å². The molecule has 1 heterocycles. The number of carbonyl (C=O) groups excluding carboxylic acids is 2. The predicted octanol–water partition coefficient (Wildman–Crippen LogP) is 2.88. The summed E-state index contributed by atoms with van der Waals surface area (Å²) in [7, 11) is -3.36. The quantitative estimate of drug-likeness (QED) is 0.466. The maximum absolute atomic E-state index is 13.5. The summed E-state index contributed by atoms with van der Waals surface area (Å²) in [6, 6.07) is 5.23. The second-order valence-corrected chi connectivity index (χ2v) is 12.3. The summed E-state index contributed by atoms with van der Waals surface area (Å²) >= 11 is 0. The molecule has 5 rings (SSSR count). The number of aliphatic hydroxyl groups excluding tert-OH is 2. The van der Waals surface area contributed by atoms with Crippen molar-refractivity contribution in [2.24, 2.45) is 5.92 Å². The van der Waals surface area contributed by atoms with Crippen molar-refractivity contribution in [1.29, 1.82) is 0 Å². The van der Waals surface area contributed by atoms with Crippen LogP contribution in [0.15, 0.2) is 41.6 Å². The lowest BCUT2D eigenvalue weighted by atomic mass is 9.92. The molecule has 0 amide bonds. The van der Waals surface area contributed by atoms with Crippen molar-refractivity contribution in [3.05, 3.63) is 59.2 Å². The molecule has 0 radical (unpaired) electrons. The summed E-state index contributed by atoms with van der Waals surface area (Å²) in [5.74, 6) is 0.133. The zero-order chi connectivity index (χ0) is 25.4. The molecule has 3 fully saturated rings. The Hall–Kier alpha value is -2.75. The number of rotatable bonds is 10. The average Bonchev–Trinajstić information content (AvgIpc) is 3.79. The molecule has 3 aliphatic carbocycles. The maximum atomic E-state index is 13.5. The molecule has 3 saturated carbocycles. The molecule has 0 spiro atoms.